The lowest BCUT2D eigenvalue weighted by Gasteiger charge is -2.13. The van der Waals surface area contributed by atoms with Gasteiger partial charge in [-0.1, -0.05) is 13.3 Å². The Morgan fingerprint density at radius 1 is 1.25 bits per heavy atom. The molecule has 24 heavy (non-hydrogen) atoms. The highest BCUT2D eigenvalue weighted by Crippen LogP contribution is 2.28. The minimum Gasteiger partial charge on any atom is -0.366 e. The lowest BCUT2D eigenvalue weighted by Crippen LogP contribution is -2.15. The number of hydrogen-bond acceptors (Lipinski definition) is 5. The van der Waals surface area contributed by atoms with E-state index in [1.807, 2.05) is 22.5 Å². The van der Waals surface area contributed by atoms with Crippen LogP contribution in [0.3, 0.4) is 0 Å². The smallest absolute Gasteiger partial charge is 0.165 e. The molecule has 7 nitrogen and oxygen atoms in total. The SMILES string of the molecule is CCCC(C)Nc1ncnc2c1nc(-c1cnn(CC)c1C)n2C. The monoisotopic (exact) mass is 327 g/mol. The van der Waals surface area contributed by atoms with Crippen molar-refractivity contribution in [3.63, 3.8) is 0 Å². The average Bonchev–Trinajstić information content (AvgIpc) is 3.09. The fourth-order valence-electron chi connectivity index (χ4n) is 3.07. The third kappa shape index (κ3) is 2.74. The highest BCUT2D eigenvalue weighted by Gasteiger charge is 2.18. The molecule has 0 saturated heterocycles. The molecule has 0 aliphatic rings. The topological polar surface area (TPSA) is 73.5 Å². The first-order chi connectivity index (χ1) is 11.6. The molecule has 0 amide bonds. The van der Waals surface area contributed by atoms with Crippen LogP contribution in [0.15, 0.2) is 12.5 Å². The number of hydrogen-bond donors (Lipinski definition) is 1. The van der Waals surface area contributed by atoms with Gasteiger partial charge in [-0.2, -0.15) is 5.10 Å². The molecule has 1 atom stereocenters. The number of anilines is 1. The van der Waals surface area contributed by atoms with Crippen molar-refractivity contribution < 1.29 is 0 Å². The molecule has 7 heteroatoms. The number of rotatable bonds is 6. The second-order valence-corrected chi connectivity index (χ2v) is 6.18. The maximum Gasteiger partial charge on any atom is 0.165 e. The van der Waals surface area contributed by atoms with Crippen LogP contribution in [0.4, 0.5) is 5.82 Å². The fourth-order valence-corrected chi connectivity index (χ4v) is 3.07. The molecule has 1 N–H and O–H groups in total. The summed E-state index contributed by atoms with van der Waals surface area (Å²) in [6.07, 6.45) is 5.69. The molecular weight excluding hydrogens is 302 g/mol. The number of imidazole rings is 1. The zero-order chi connectivity index (χ0) is 17.3. The molecule has 0 bridgehead atoms. The molecule has 0 saturated carbocycles. The zero-order valence-electron chi connectivity index (χ0n) is 15.0. The fraction of sp³-hybridized carbons (Fsp3) is 0.529. The average molecular weight is 327 g/mol. The third-order valence-corrected chi connectivity index (χ3v) is 4.40. The van der Waals surface area contributed by atoms with Crippen LogP contribution in [-0.4, -0.2) is 35.3 Å². The predicted octanol–water partition coefficient (Wildman–Crippen LogP) is 3.16. The molecule has 3 rings (SSSR count). The normalized spacial score (nSPS) is 12.7. The van der Waals surface area contributed by atoms with E-state index in [0.717, 1.165) is 53.4 Å². The quantitative estimate of drug-likeness (QED) is 0.753. The standard InChI is InChI=1S/C17H25N7/c1-6-8-11(3)21-15-14-17(19-10-18-15)23(5)16(22-14)13-9-20-24(7-2)12(13)4/h9-11H,6-8H2,1-5H3,(H,18,19,21). The first kappa shape index (κ1) is 16.4. The van der Waals surface area contributed by atoms with Crippen LogP contribution in [-0.2, 0) is 13.6 Å². The van der Waals surface area contributed by atoms with Gasteiger partial charge < -0.3 is 9.88 Å². The molecule has 0 radical (unpaired) electrons. The predicted molar refractivity (Wildman–Crippen MR) is 95.9 cm³/mol. The van der Waals surface area contributed by atoms with Crippen molar-refractivity contribution in [1.82, 2.24) is 29.3 Å². The molecule has 128 valence electrons. The third-order valence-electron chi connectivity index (χ3n) is 4.40. The lowest BCUT2D eigenvalue weighted by atomic mass is 10.2. The van der Waals surface area contributed by atoms with Crippen LogP contribution < -0.4 is 5.32 Å². The number of nitrogens with zero attached hydrogens (tertiary/aromatic N) is 6. The number of fused-ring (bicyclic) bond motifs is 1. The van der Waals surface area contributed by atoms with E-state index < -0.39 is 0 Å². The summed E-state index contributed by atoms with van der Waals surface area (Å²) < 4.78 is 3.99. The Hall–Kier alpha value is -2.44. The summed E-state index contributed by atoms with van der Waals surface area (Å²) in [5.74, 6) is 1.66. The van der Waals surface area contributed by atoms with Gasteiger partial charge in [0, 0.05) is 25.3 Å². The van der Waals surface area contributed by atoms with Crippen LogP contribution in [0.2, 0.25) is 0 Å². The maximum absolute atomic E-state index is 4.83. The molecule has 3 heterocycles. The van der Waals surface area contributed by atoms with Crippen molar-refractivity contribution >= 4 is 17.0 Å². The summed E-state index contributed by atoms with van der Waals surface area (Å²) in [6.45, 7) is 9.34. The van der Waals surface area contributed by atoms with Crippen molar-refractivity contribution in [3.05, 3.63) is 18.2 Å². The Morgan fingerprint density at radius 3 is 2.71 bits per heavy atom. The molecular formula is C17H25N7. The minimum absolute atomic E-state index is 0.350. The summed E-state index contributed by atoms with van der Waals surface area (Å²) in [6, 6.07) is 0.350. The van der Waals surface area contributed by atoms with Gasteiger partial charge in [-0.05, 0) is 27.2 Å². The van der Waals surface area contributed by atoms with Crippen LogP contribution in [0.1, 0.15) is 39.3 Å². The lowest BCUT2D eigenvalue weighted by molar-refractivity contribution is 0.640. The largest absolute Gasteiger partial charge is 0.366 e. The Kier molecular flexibility index (Phi) is 4.51. The van der Waals surface area contributed by atoms with Gasteiger partial charge in [-0.3, -0.25) is 4.68 Å². The second kappa shape index (κ2) is 6.59. The maximum atomic E-state index is 4.83. The van der Waals surface area contributed by atoms with E-state index in [1.165, 1.54) is 0 Å². The Morgan fingerprint density at radius 2 is 2.04 bits per heavy atom. The number of aryl methyl sites for hydroxylation is 2. The van der Waals surface area contributed by atoms with Gasteiger partial charge in [-0.25, -0.2) is 15.0 Å². The molecule has 0 fully saturated rings. The first-order valence-electron chi connectivity index (χ1n) is 8.53. The van der Waals surface area contributed by atoms with Crippen LogP contribution in [0, 0.1) is 6.92 Å². The highest BCUT2D eigenvalue weighted by atomic mass is 15.3. The molecule has 0 aromatic carbocycles. The van der Waals surface area contributed by atoms with E-state index in [4.69, 9.17) is 4.98 Å². The van der Waals surface area contributed by atoms with Crippen molar-refractivity contribution in [3.8, 4) is 11.4 Å². The van der Waals surface area contributed by atoms with Crippen LogP contribution >= 0.6 is 0 Å². The van der Waals surface area contributed by atoms with Crippen molar-refractivity contribution in [2.75, 3.05) is 5.32 Å². The van der Waals surface area contributed by atoms with Crippen molar-refractivity contribution in [2.45, 2.75) is 53.1 Å². The van der Waals surface area contributed by atoms with E-state index in [2.05, 4.69) is 48.1 Å². The van der Waals surface area contributed by atoms with Gasteiger partial charge in [0.2, 0.25) is 0 Å². The van der Waals surface area contributed by atoms with Gasteiger partial charge in [-0.15, -0.1) is 0 Å². The Balaban J connectivity index is 2.08. The second-order valence-electron chi connectivity index (χ2n) is 6.18. The van der Waals surface area contributed by atoms with Crippen LogP contribution in [0.5, 0.6) is 0 Å². The van der Waals surface area contributed by atoms with E-state index >= 15 is 0 Å². The van der Waals surface area contributed by atoms with E-state index in [9.17, 15) is 0 Å². The van der Waals surface area contributed by atoms with Gasteiger partial charge in [0.05, 0.1) is 11.8 Å². The highest BCUT2D eigenvalue weighted by molar-refractivity contribution is 5.86. The minimum atomic E-state index is 0.350. The molecule has 0 spiro atoms. The molecule has 3 aromatic rings. The van der Waals surface area contributed by atoms with E-state index in [1.54, 1.807) is 6.33 Å². The van der Waals surface area contributed by atoms with Gasteiger partial charge in [0.1, 0.15) is 12.2 Å². The number of nitrogens with one attached hydrogen (secondary N) is 1. The summed E-state index contributed by atoms with van der Waals surface area (Å²) >= 11 is 0. The summed E-state index contributed by atoms with van der Waals surface area (Å²) in [5, 5.41) is 7.89. The summed E-state index contributed by atoms with van der Waals surface area (Å²) in [4.78, 5) is 13.6. The van der Waals surface area contributed by atoms with Crippen molar-refractivity contribution in [2.24, 2.45) is 7.05 Å². The van der Waals surface area contributed by atoms with E-state index in [-0.39, 0.29) is 0 Å². The molecule has 3 aromatic heterocycles. The van der Waals surface area contributed by atoms with Crippen LogP contribution in [0.25, 0.3) is 22.6 Å². The molecule has 1 unspecified atom stereocenters. The van der Waals surface area contributed by atoms with Gasteiger partial charge in [0.25, 0.3) is 0 Å². The Bertz CT molecular complexity index is 846. The Labute approximate surface area is 142 Å². The van der Waals surface area contributed by atoms with Gasteiger partial charge in [0.15, 0.2) is 17.0 Å². The number of aromatic nitrogens is 6. The first-order valence-corrected chi connectivity index (χ1v) is 8.53. The summed E-state index contributed by atoms with van der Waals surface area (Å²) in [5.41, 5.74) is 3.78. The molecule has 0 aliphatic carbocycles. The van der Waals surface area contributed by atoms with Gasteiger partial charge >= 0.3 is 0 Å². The molecule has 0 aliphatic heterocycles. The zero-order valence-corrected chi connectivity index (χ0v) is 15.0. The van der Waals surface area contributed by atoms with Crippen molar-refractivity contribution in [1.29, 1.82) is 0 Å². The van der Waals surface area contributed by atoms with E-state index in [0.29, 0.717) is 6.04 Å². The summed E-state index contributed by atoms with van der Waals surface area (Å²) in [7, 11) is 1.99.